The highest BCUT2D eigenvalue weighted by Gasteiger charge is 2.54. The van der Waals surface area contributed by atoms with Crippen LogP contribution in [0.4, 0.5) is 0 Å². The standard InChI is InChI=1S/C20H26O3/c1-11(2)12-8-13-14(18(22)17(12)21)10-20-7-5-6-19(3,4)16(20)9-15(13)23-20/h8-9,11,15,21-22H,5-7,10H2,1-4H3/t15-,20-/m0/s1. The van der Waals surface area contributed by atoms with Crippen molar-refractivity contribution in [3.63, 3.8) is 0 Å². The molecule has 3 heteroatoms. The summed E-state index contributed by atoms with van der Waals surface area (Å²) in [7, 11) is 0. The molecule has 0 saturated heterocycles. The SMILES string of the molecule is CC(C)c1cc2c(c(O)c1O)C[C@@]13CCCC(C)(C)C1=C[C@@H]2O3. The van der Waals surface area contributed by atoms with E-state index in [2.05, 4.69) is 19.9 Å². The van der Waals surface area contributed by atoms with Crippen LogP contribution in [0.1, 0.15) is 75.7 Å². The highest BCUT2D eigenvalue weighted by atomic mass is 16.5. The van der Waals surface area contributed by atoms with E-state index in [1.165, 1.54) is 12.0 Å². The van der Waals surface area contributed by atoms with Gasteiger partial charge in [-0.2, -0.15) is 0 Å². The van der Waals surface area contributed by atoms with E-state index in [1.54, 1.807) is 0 Å². The summed E-state index contributed by atoms with van der Waals surface area (Å²) in [5, 5.41) is 21.0. The second kappa shape index (κ2) is 4.54. The van der Waals surface area contributed by atoms with Crippen LogP contribution in [-0.4, -0.2) is 15.8 Å². The van der Waals surface area contributed by atoms with Gasteiger partial charge < -0.3 is 14.9 Å². The zero-order valence-electron chi connectivity index (χ0n) is 14.4. The minimum atomic E-state index is -0.275. The van der Waals surface area contributed by atoms with E-state index in [-0.39, 0.29) is 34.5 Å². The maximum absolute atomic E-state index is 10.6. The molecular weight excluding hydrogens is 288 g/mol. The van der Waals surface area contributed by atoms with Crippen LogP contribution in [0.5, 0.6) is 11.5 Å². The van der Waals surface area contributed by atoms with Crippen LogP contribution in [0.15, 0.2) is 17.7 Å². The molecule has 2 bridgehead atoms. The zero-order valence-corrected chi connectivity index (χ0v) is 14.4. The van der Waals surface area contributed by atoms with Crippen molar-refractivity contribution in [2.24, 2.45) is 5.41 Å². The van der Waals surface area contributed by atoms with Crippen molar-refractivity contribution >= 4 is 0 Å². The fourth-order valence-electron chi connectivity index (χ4n) is 4.91. The highest BCUT2D eigenvalue weighted by molar-refractivity contribution is 5.60. The summed E-state index contributed by atoms with van der Waals surface area (Å²) in [6.07, 6.45) is 6.20. The van der Waals surface area contributed by atoms with Gasteiger partial charge in [0.1, 0.15) is 6.10 Å². The first-order valence-electron chi connectivity index (χ1n) is 8.73. The van der Waals surface area contributed by atoms with Gasteiger partial charge in [0.15, 0.2) is 11.5 Å². The van der Waals surface area contributed by atoms with Gasteiger partial charge in [-0.3, -0.25) is 0 Å². The largest absolute Gasteiger partial charge is 0.504 e. The Balaban J connectivity index is 1.90. The molecule has 3 aliphatic rings. The van der Waals surface area contributed by atoms with Gasteiger partial charge in [-0.15, -0.1) is 0 Å². The lowest BCUT2D eigenvalue weighted by Gasteiger charge is -2.46. The minimum Gasteiger partial charge on any atom is -0.504 e. The molecule has 23 heavy (non-hydrogen) atoms. The third-order valence-electron chi connectivity index (χ3n) is 6.11. The van der Waals surface area contributed by atoms with Crippen LogP contribution in [0.3, 0.4) is 0 Å². The van der Waals surface area contributed by atoms with Crippen molar-refractivity contribution < 1.29 is 14.9 Å². The van der Waals surface area contributed by atoms with E-state index >= 15 is 0 Å². The summed E-state index contributed by atoms with van der Waals surface area (Å²) in [6.45, 7) is 8.65. The lowest BCUT2D eigenvalue weighted by atomic mass is 9.64. The molecule has 1 fully saturated rings. The maximum Gasteiger partial charge on any atom is 0.161 e. The second-order valence-electron chi connectivity index (χ2n) is 8.41. The molecule has 0 radical (unpaired) electrons. The van der Waals surface area contributed by atoms with Gasteiger partial charge in [0, 0.05) is 17.5 Å². The molecule has 4 rings (SSSR count). The smallest absolute Gasteiger partial charge is 0.161 e. The van der Waals surface area contributed by atoms with Gasteiger partial charge in [0.25, 0.3) is 0 Å². The van der Waals surface area contributed by atoms with Crippen molar-refractivity contribution in [1.29, 1.82) is 0 Å². The molecule has 0 amide bonds. The fraction of sp³-hybridized carbons (Fsp3) is 0.600. The lowest BCUT2D eigenvalue weighted by molar-refractivity contribution is -0.0677. The van der Waals surface area contributed by atoms with Gasteiger partial charge in [-0.25, -0.2) is 0 Å². The summed E-state index contributed by atoms with van der Waals surface area (Å²) in [5.74, 6) is 0.278. The van der Waals surface area contributed by atoms with Crippen molar-refractivity contribution in [3.05, 3.63) is 34.4 Å². The van der Waals surface area contributed by atoms with Crippen molar-refractivity contribution in [2.75, 3.05) is 0 Å². The summed E-state index contributed by atoms with van der Waals surface area (Å²) >= 11 is 0. The van der Waals surface area contributed by atoms with Gasteiger partial charge in [-0.1, -0.05) is 27.7 Å². The molecule has 2 atom stereocenters. The number of fused-ring (bicyclic) bond motifs is 3. The number of phenols is 2. The zero-order chi connectivity index (χ0) is 16.6. The molecule has 2 N–H and O–H groups in total. The molecule has 1 aliphatic carbocycles. The quantitative estimate of drug-likeness (QED) is 0.582. The lowest BCUT2D eigenvalue weighted by Crippen LogP contribution is -2.44. The van der Waals surface area contributed by atoms with Crippen LogP contribution in [-0.2, 0) is 11.2 Å². The average molecular weight is 314 g/mol. The molecule has 1 aromatic carbocycles. The summed E-state index contributed by atoms with van der Waals surface area (Å²) in [4.78, 5) is 0. The third-order valence-corrected chi connectivity index (χ3v) is 6.11. The second-order valence-corrected chi connectivity index (χ2v) is 8.41. The molecular formula is C20H26O3. The molecule has 1 saturated carbocycles. The summed E-state index contributed by atoms with van der Waals surface area (Å²) in [6, 6.07) is 2.04. The molecule has 2 heterocycles. The van der Waals surface area contributed by atoms with E-state index in [1.807, 2.05) is 19.9 Å². The summed E-state index contributed by atoms with van der Waals surface area (Å²) in [5.41, 5.74) is 3.98. The van der Waals surface area contributed by atoms with Crippen LogP contribution in [0, 0.1) is 5.41 Å². The van der Waals surface area contributed by atoms with Crippen molar-refractivity contribution in [2.45, 2.75) is 71.0 Å². The normalized spacial score (nSPS) is 30.8. The van der Waals surface area contributed by atoms with Crippen LogP contribution in [0.25, 0.3) is 0 Å². The Morgan fingerprint density at radius 3 is 2.61 bits per heavy atom. The predicted molar refractivity (Wildman–Crippen MR) is 89.8 cm³/mol. The van der Waals surface area contributed by atoms with Crippen molar-refractivity contribution in [1.82, 2.24) is 0 Å². The van der Waals surface area contributed by atoms with E-state index in [0.29, 0.717) is 6.42 Å². The van der Waals surface area contributed by atoms with E-state index in [9.17, 15) is 10.2 Å². The number of hydrogen-bond donors (Lipinski definition) is 2. The number of rotatable bonds is 1. The number of ether oxygens (including phenoxy) is 1. The number of benzene rings is 1. The molecule has 1 aromatic rings. The molecule has 3 nitrogen and oxygen atoms in total. The Bertz CT molecular complexity index is 714. The van der Waals surface area contributed by atoms with Crippen LogP contribution in [0.2, 0.25) is 0 Å². The predicted octanol–water partition coefficient (Wildman–Crippen LogP) is 4.72. The van der Waals surface area contributed by atoms with Crippen LogP contribution >= 0.6 is 0 Å². The molecule has 124 valence electrons. The van der Waals surface area contributed by atoms with Gasteiger partial charge in [0.2, 0.25) is 0 Å². The Morgan fingerprint density at radius 2 is 1.91 bits per heavy atom. The average Bonchev–Trinajstić information content (AvgIpc) is 2.78. The Hall–Kier alpha value is -1.48. The van der Waals surface area contributed by atoms with Crippen molar-refractivity contribution in [3.8, 4) is 11.5 Å². The van der Waals surface area contributed by atoms with E-state index in [0.717, 1.165) is 29.5 Å². The first kappa shape index (κ1) is 15.1. The van der Waals surface area contributed by atoms with E-state index in [4.69, 9.17) is 4.74 Å². The molecule has 1 spiro atoms. The first-order valence-corrected chi connectivity index (χ1v) is 8.73. The minimum absolute atomic E-state index is 0.0491. The van der Waals surface area contributed by atoms with Gasteiger partial charge in [0.05, 0.1) is 5.60 Å². The molecule has 0 unspecified atom stereocenters. The van der Waals surface area contributed by atoms with E-state index < -0.39 is 0 Å². The summed E-state index contributed by atoms with van der Waals surface area (Å²) < 4.78 is 6.50. The topological polar surface area (TPSA) is 49.7 Å². The highest BCUT2D eigenvalue weighted by Crippen LogP contribution is 2.60. The third kappa shape index (κ3) is 1.92. The number of aromatic hydroxyl groups is 2. The number of phenolic OH excluding ortho intramolecular Hbond substituents is 2. The monoisotopic (exact) mass is 314 g/mol. The Kier molecular flexibility index (Phi) is 2.97. The molecule has 0 aromatic heterocycles. The van der Waals surface area contributed by atoms with Gasteiger partial charge >= 0.3 is 0 Å². The van der Waals surface area contributed by atoms with Crippen LogP contribution < -0.4 is 0 Å². The Morgan fingerprint density at radius 1 is 1.17 bits per heavy atom. The fourth-order valence-corrected chi connectivity index (χ4v) is 4.91. The Labute approximate surface area is 138 Å². The van der Waals surface area contributed by atoms with Gasteiger partial charge in [-0.05, 0) is 53.9 Å². The molecule has 2 aliphatic heterocycles. The maximum atomic E-state index is 10.6. The number of hydrogen-bond acceptors (Lipinski definition) is 3. The first-order chi connectivity index (χ1) is 10.8.